The standard InChI is InChI=1S/C10H10O2.C6H11NO3.C2H6/c1-7(11)9-5-3-4-6-10(9)8(2)12;1-4(6(9)10)2-3-5(7)8;1-2/h3-6H,1-2H3;4H,2-3H2,1H3,(H2,7,8)(H,9,10);1-2H3. The number of aliphatic carboxylic acids is 1. The average molecular weight is 337 g/mol. The van der Waals surface area contributed by atoms with E-state index < -0.39 is 17.8 Å². The third-order valence-corrected chi connectivity index (χ3v) is 2.93. The number of hydrogen-bond donors (Lipinski definition) is 2. The topological polar surface area (TPSA) is 115 Å². The van der Waals surface area contributed by atoms with Gasteiger partial charge in [-0.2, -0.15) is 0 Å². The molecule has 1 atom stereocenters. The van der Waals surface area contributed by atoms with Crippen LogP contribution >= 0.6 is 0 Å². The van der Waals surface area contributed by atoms with Crippen molar-refractivity contribution in [3.05, 3.63) is 35.4 Å². The summed E-state index contributed by atoms with van der Waals surface area (Å²) in [4.78, 5) is 42.4. The minimum atomic E-state index is -0.888. The number of rotatable bonds is 6. The molecular weight excluding hydrogens is 310 g/mol. The van der Waals surface area contributed by atoms with E-state index in [4.69, 9.17) is 10.8 Å². The van der Waals surface area contributed by atoms with E-state index in [-0.39, 0.29) is 18.0 Å². The molecule has 0 aromatic heterocycles. The summed E-state index contributed by atoms with van der Waals surface area (Å²) in [6, 6.07) is 6.84. The van der Waals surface area contributed by atoms with Gasteiger partial charge in [-0.05, 0) is 20.3 Å². The molecule has 6 heteroatoms. The smallest absolute Gasteiger partial charge is 0.306 e. The van der Waals surface area contributed by atoms with E-state index in [2.05, 4.69) is 0 Å². The number of amides is 1. The first kappa shape index (κ1) is 23.8. The van der Waals surface area contributed by atoms with Gasteiger partial charge in [-0.25, -0.2) is 0 Å². The molecule has 0 aliphatic carbocycles. The van der Waals surface area contributed by atoms with Crippen molar-refractivity contribution in [3.63, 3.8) is 0 Å². The molecule has 0 heterocycles. The Balaban J connectivity index is 0. The number of hydrogen-bond acceptors (Lipinski definition) is 4. The Morgan fingerprint density at radius 1 is 1.00 bits per heavy atom. The molecule has 0 bridgehead atoms. The van der Waals surface area contributed by atoms with Gasteiger partial charge in [-0.1, -0.05) is 45.0 Å². The van der Waals surface area contributed by atoms with E-state index in [1.54, 1.807) is 31.2 Å². The molecule has 0 aliphatic heterocycles. The number of carboxylic acid groups (broad SMARTS) is 1. The third kappa shape index (κ3) is 10.3. The molecule has 0 saturated carbocycles. The summed E-state index contributed by atoms with van der Waals surface area (Å²) in [6.07, 6.45) is 0.470. The lowest BCUT2D eigenvalue weighted by molar-refractivity contribution is -0.141. The Morgan fingerprint density at radius 2 is 1.38 bits per heavy atom. The Hall–Kier alpha value is -2.50. The van der Waals surface area contributed by atoms with Crippen LogP contribution in [-0.4, -0.2) is 28.5 Å². The number of carboxylic acids is 1. The number of nitrogens with two attached hydrogens (primary N) is 1. The fourth-order valence-corrected chi connectivity index (χ4v) is 1.58. The van der Waals surface area contributed by atoms with Crippen molar-refractivity contribution < 1.29 is 24.3 Å². The van der Waals surface area contributed by atoms with Crippen molar-refractivity contribution in [1.82, 2.24) is 0 Å². The molecule has 3 N–H and O–H groups in total. The molecular formula is C18H27NO5. The summed E-state index contributed by atoms with van der Waals surface area (Å²) >= 11 is 0. The second-order valence-corrected chi connectivity index (χ2v) is 4.90. The van der Waals surface area contributed by atoms with Gasteiger partial charge in [-0.15, -0.1) is 0 Å². The summed E-state index contributed by atoms with van der Waals surface area (Å²) in [5.74, 6) is -1.96. The number of carbonyl (C=O) groups excluding carboxylic acids is 3. The minimum absolute atomic E-state index is 0.0687. The lowest BCUT2D eigenvalue weighted by Crippen LogP contribution is -2.15. The van der Waals surface area contributed by atoms with Crippen molar-refractivity contribution in [2.75, 3.05) is 0 Å². The lowest BCUT2D eigenvalue weighted by Gasteiger charge is -2.01. The number of primary amides is 1. The van der Waals surface area contributed by atoms with E-state index in [1.165, 1.54) is 13.8 Å². The van der Waals surface area contributed by atoms with E-state index in [0.29, 0.717) is 17.5 Å². The first-order valence-corrected chi connectivity index (χ1v) is 7.78. The van der Waals surface area contributed by atoms with Gasteiger partial charge in [0.1, 0.15) is 0 Å². The monoisotopic (exact) mass is 337 g/mol. The van der Waals surface area contributed by atoms with Crippen molar-refractivity contribution in [3.8, 4) is 0 Å². The normalized spacial score (nSPS) is 10.2. The second-order valence-electron chi connectivity index (χ2n) is 4.90. The van der Waals surface area contributed by atoms with Gasteiger partial charge in [0.15, 0.2) is 11.6 Å². The highest BCUT2D eigenvalue weighted by Crippen LogP contribution is 2.09. The average Bonchev–Trinajstić information content (AvgIpc) is 2.54. The zero-order valence-electron chi connectivity index (χ0n) is 15.0. The summed E-state index contributed by atoms with van der Waals surface area (Å²) in [5.41, 5.74) is 5.82. The zero-order chi connectivity index (χ0) is 19.3. The highest BCUT2D eigenvalue weighted by molar-refractivity contribution is 6.07. The molecule has 0 radical (unpaired) electrons. The van der Waals surface area contributed by atoms with Crippen molar-refractivity contribution in [1.29, 1.82) is 0 Å². The predicted octanol–water partition coefficient (Wildman–Crippen LogP) is 3.09. The fraction of sp³-hybridized carbons (Fsp3) is 0.444. The van der Waals surface area contributed by atoms with E-state index in [0.717, 1.165) is 0 Å². The number of benzene rings is 1. The first-order valence-electron chi connectivity index (χ1n) is 7.78. The molecule has 1 aromatic carbocycles. The van der Waals surface area contributed by atoms with Crippen LogP contribution in [0.2, 0.25) is 0 Å². The summed E-state index contributed by atoms with van der Waals surface area (Å²) in [7, 11) is 0. The molecule has 24 heavy (non-hydrogen) atoms. The summed E-state index contributed by atoms with van der Waals surface area (Å²) in [6.45, 7) is 8.47. The molecule has 6 nitrogen and oxygen atoms in total. The maximum absolute atomic E-state index is 11.0. The van der Waals surface area contributed by atoms with Gasteiger partial charge in [0.2, 0.25) is 5.91 Å². The lowest BCUT2D eigenvalue weighted by atomic mass is 10.0. The molecule has 0 spiro atoms. The van der Waals surface area contributed by atoms with Crippen LogP contribution in [0.15, 0.2) is 24.3 Å². The van der Waals surface area contributed by atoms with Gasteiger partial charge in [0.25, 0.3) is 0 Å². The summed E-state index contributed by atoms with van der Waals surface area (Å²) < 4.78 is 0. The SMILES string of the molecule is CC.CC(=O)c1ccccc1C(C)=O.CC(CCC(N)=O)C(=O)O. The Kier molecular flexibility index (Phi) is 12.9. The number of Topliss-reactive ketones (excluding diaryl/α,β-unsaturated/α-hetero) is 2. The molecule has 1 unspecified atom stereocenters. The van der Waals surface area contributed by atoms with Gasteiger partial charge in [-0.3, -0.25) is 19.2 Å². The molecule has 0 fully saturated rings. The Bertz CT molecular complexity index is 533. The Labute approximate surface area is 143 Å². The number of ketones is 2. The maximum atomic E-state index is 11.0. The largest absolute Gasteiger partial charge is 0.481 e. The van der Waals surface area contributed by atoms with Gasteiger partial charge in [0.05, 0.1) is 5.92 Å². The van der Waals surface area contributed by atoms with Crippen LogP contribution in [0.4, 0.5) is 0 Å². The first-order chi connectivity index (χ1) is 11.2. The van der Waals surface area contributed by atoms with Gasteiger partial charge < -0.3 is 10.8 Å². The van der Waals surface area contributed by atoms with Crippen LogP contribution in [0.3, 0.4) is 0 Å². The van der Waals surface area contributed by atoms with Gasteiger partial charge in [0, 0.05) is 17.5 Å². The van der Waals surface area contributed by atoms with E-state index in [1.807, 2.05) is 13.8 Å². The molecule has 1 aromatic rings. The van der Waals surface area contributed by atoms with Crippen LogP contribution in [-0.2, 0) is 9.59 Å². The zero-order valence-corrected chi connectivity index (χ0v) is 15.0. The van der Waals surface area contributed by atoms with Crippen molar-refractivity contribution in [2.45, 2.75) is 47.5 Å². The molecule has 0 saturated heterocycles. The fourth-order valence-electron chi connectivity index (χ4n) is 1.58. The minimum Gasteiger partial charge on any atom is -0.481 e. The van der Waals surface area contributed by atoms with Crippen LogP contribution in [0, 0.1) is 5.92 Å². The van der Waals surface area contributed by atoms with Crippen LogP contribution in [0.5, 0.6) is 0 Å². The highest BCUT2D eigenvalue weighted by Gasteiger charge is 2.11. The van der Waals surface area contributed by atoms with Crippen LogP contribution in [0.1, 0.15) is 68.2 Å². The maximum Gasteiger partial charge on any atom is 0.306 e. The van der Waals surface area contributed by atoms with Crippen molar-refractivity contribution in [2.24, 2.45) is 11.7 Å². The molecule has 0 aliphatic rings. The van der Waals surface area contributed by atoms with E-state index in [9.17, 15) is 19.2 Å². The highest BCUT2D eigenvalue weighted by atomic mass is 16.4. The third-order valence-electron chi connectivity index (χ3n) is 2.93. The quantitative estimate of drug-likeness (QED) is 0.774. The Morgan fingerprint density at radius 3 is 1.62 bits per heavy atom. The van der Waals surface area contributed by atoms with Crippen LogP contribution in [0.25, 0.3) is 0 Å². The predicted molar refractivity (Wildman–Crippen MR) is 93.0 cm³/mol. The molecule has 1 rings (SSSR count). The molecule has 1 amide bonds. The summed E-state index contributed by atoms with van der Waals surface area (Å²) in [5, 5.41) is 8.34. The van der Waals surface area contributed by atoms with E-state index >= 15 is 0 Å². The molecule has 134 valence electrons. The van der Waals surface area contributed by atoms with Crippen LogP contribution < -0.4 is 5.73 Å². The van der Waals surface area contributed by atoms with Crippen molar-refractivity contribution >= 4 is 23.4 Å². The van der Waals surface area contributed by atoms with Gasteiger partial charge >= 0.3 is 5.97 Å². The second kappa shape index (κ2) is 13.0. The number of carbonyl (C=O) groups is 4.